The number of ether oxygens (including phenoxy) is 1. The van der Waals surface area contributed by atoms with E-state index >= 15 is 0 Å². The van der Waals surface area contributed by atoms with Crippen LogP contribution in [0.1, 0.15) is 6.92 Å². The number of nitrogens with zero attached hydrogens (tertiary/aromatic N) is 1. The van der Waals surface area contributed by atoms with Crippen molar-refractivity contribution in [2.75, 3.05) is 46.9 Å². The van der Waals surface area contributed by atoms with Gasteiger partial charge in [0.25, 0.3) is 0 Å². The third-order valence-corrected chi connectivity index (χ3v) is 1.88. The van der Waals surface area contributed by atoms with E-state index in [4.69, 9.17) is 4.74 Å². The number of rotatable bonds is 7. The van der Waals surface area contributed by atoms with E-state index in [1.165, 1.54) is 0 Å². The lowest BCUT2D eigenvalue weighted by Gasteiger charge is -2.15. The third-order valence-electron chi connectivity index (χ3n) is 1.88. The predicted molar refractivity (Wildman–Crippen MR) is 56.4 cm³/mol. The Morgan fingerprint density at radius 1 is 1.36 bits per heavy atom. The molecular formula is C9H21N3O2. The first-order valence-corrected chi connectivity index (χ1v) is 4.91. The first-order valence-electron chi connectivity index (χ1n) is 4.91. The molecule has 0 fully saturated rings. The van der Waals surface area contributed by atoms with Crippen LogP contribution in [0, 0.1) is 0 Å². The molecule has 5 nitrogen and oxygen atoms in total. The molecule has 0 radical (unpaired) electrons. The zero-order valence-electron chi connectivity index (χ0n) is 9.30. The van der Waals surface area contributed by atoms with Crippen molar-refractivity contribution in [1.29, 1.82) is 0 Å². The summed E-state index contributed by atoms with van der Waals surface area (Å²) in [6, 6.07) is -0.0268. The lowest BCUT2D eigenvalue weighted by molar-refractivity contribution is 0.198. The molecule has 2 amide bonds. The van der Waals surface area contributed by atoms with Crippen LogP contribution in [-0.4, -0.2) is 57.9 Å². The molecule has 0 unspecified atom stereocenters. The molecule has 0 spiro atoms. The molecule has 0 aromatic heterocycles. The summed E-state index contributed by atoms with van der Waals surface area (Å²) in [6.45, 7) is 5.59. The molecule has 2 N–H and O–H groups in total. The van der Waals surface area contributed by atoms with Crippen molar-refractivity contribution >= 4 is 6.03 Å². The Morgan fingerprint density at radius 3 is 2.64 bits per heavy atom. The summed E-state index contributed by atoms with van der Waals surface area (Å²) >= 11 is 0. The van der Waals surface area contributed by atoms with Crippen molar-refractivity contribution in [3.63, 3.8) is 0 Å². The van der Waals surface area contributed by atoms with Gasteiger partial charge in [-0.25, -0.2) is 4.79 Å². The molecule has 0 aromatic rings. The van der Waals surface area contributed by atoms with Crippen LogP contribution in [-0.2, 0) is 4.74 Å². The Balaban J connectivity index is 3.23. The van der Waals surface area contributed by atoms with E-state index in [1.54, 1.807) is 19.1 Å². The minimum Gasteiger partial charge on any atom is -0.383 e. The number of carbonyl (C=O) groups is 1. The van der Waals surface area contributed by atoms with Crippen molar-refractivity contribution < 1.29 is 9.53 Å². The maximum absolute atomic E-state index is 11.2. The number of hydrogen-bond donors (Lipinski definition) is 2. The summed E-state index contributed by atoms with van der Waals surface area (Å²) < 4.78 is 4.87. The minimum atomic E-state index is -0.0268. The average Bonchev–Trinajstić information content (AvgIpc) is 2.21. The van der Waals surface area contributed by atoms with Crippen molar-refractivity contribution in [1.82, 2.24) is 15.5 Å². The standard InChI is InChI=1S/C9H21N3O2/c1-4-12(2)9(13)11-6-5-10-7-8-14-3/h10H,4-8H2,1-3H3,(H,11,13). The van der Waals surface area contributed by atoms with Crippen LogP contribution in [0.3, 0.4) is 0 Å². The smallest absolute Gasteiger partial charge is 0.317 e. The Kier molecular flexibility index (Phi) is 8.27. The maximum atomic E-state index is 11.2. The average molecular weight is 203 g/mol. The number of amides is 2. The predicted octanol–water partition coefficient (Wildman–Crippen LogP) is -0.116. The van der Waals surface area contributed by atoms with Crippen LogP contribution in [0.15, 0.2) is 0 Å². The first-order chi connectivity index (χ1) is 6.72. The highest BCUT2D eigenvalue weighted by molar-refractivity contribution is 5.73. The van der Waals surface area contributed by atoms with Gasteiger partial charge in [0, 0.05) is 40.3 Å². The summed E-state index contributed by atoms with van der Waals surface area (Å²) in [5.41, 5.74) is 0. The summed E-state index contributed by atoms with van der Waals surface area (Å²) in [5, 5.41) is 5.93. The highest BCUT2D eigenvalue weighted by atomic mass is 16.5. The van der Waals surface area contributed by atoms with Gasteiger partial charge in [0.05, 0.1) is 6.61 Å². The van der Waals surface area contributed by atoms with Gasteiger partial charge in [0.15, 0.2) is 0 Å². The number of urea groups is 1. The summed E-state index contributed by atoms with van der Waals surface area (Å²) in [4.78, 5) is 12.9. The van der Waals surface area contributed by atoms with Crippen molar-refractivity contribution in [3.8, 4) is 0 Å². The lowest BCUT2D eigenvalue weighted by Crippen LogP contribution is -2.40. The quantitative estimate of drug-likeness (QED) is 0.567. The molecule has 0 rings (SSSR count). The van der Waals surface area contributed by atoms with Crippen LogP contribution in [0.25, 0.3) is 0 Å². The summed E-state index contributed by atoms with van der Waals surface area (Å²) in [6.07, 6.45) is 0. The van der Waals surface area contributed by atoms with E-state index in [0.717, 1.165) is 19.6 Å². The van der Waals surface area contributed by atoms with Crippen molar-refractivity contribution in [2.45, 2.75) is 6.92 Å². The van der Waals surface area contributed by atoms with Crippen LogP contribution in [0.4, 0.5) is 4.79 Å². The van der Waals surface area contributed by atoms with E-state index in [1.807, 2.05) is 6.92 Å². The van der Waals surface area contributed by atoms with Crippen LogP contribution >= 0.6 is 0 Å². The summed E-state index contributed by atoms with van der Waals surface area (Å²) in [7, 11) is 3.44. The second-order valence-corrected chi connectivity index (χ2v) is 2.99. The Bertz CT molecular complexity index is 153. The van der Waals surface area contributed by atoms with Crippen LogP contribution < -0.4 is 10.6 Å². The Hall–Kier alpha value is -0.810. The molecule has 5 heteroatoms. The zero-order chi connectivity index (χ0) is 10.8. The number of nitrogens with one attached hydrogen (secondary N) is 2. The van der Waals surface area contributed by atoms with E-state index in [0.29, 0.717) is 13.2 Å². The van der Waals surface area contributed by atoms with Gasteiger partial charge in [-0.05, 0) is 6.92 Å². The van der Waals surface area contributed by atoms with Gasteiger partial charge >= 0.3 is 6.03 Å². The number of carbonyl (C=O) groups excluding carboxylic acids is 1. The molecule has 14 heavy (non-hydrogen) atoms. The Labute approximate surface area is 85.8 Å². The maximum Gasteiger partial charge on any atom is 0.317 e. The lowest BCUT2D eigenvalue weighted by atomic mass is 10.5. The SMILES string of the molecule is CCN(C)C(=O)NCCNCCOC. The second-order valence-electron chi connectivity index (χ2n) is 2.99. The molecule has 0 aliphatic carbocycles. The van der Waals surface area contributed by atoms with E-state index in [9.17, 15) is 4.79 Å². The fraction of sp³-hybridized carbons (Fsp3) is 0.889. The fourth-order valence-electron chi connectivity index (χ4n) is 0.836. The highest BCUT2D eigenvalue weighted by Gasteiger charge is 2.03. The number of methoxy groups -OCH3 is 1. The minimum absolute atomic E-state index is 0.0268. The van der Waals surface area contributed by atoms with E-state index in [-0.39, 0.29) is 6.03 Å². The molecule has 0 aromatic carbocycles. The van der Waals surface area contributed by atoms with E-state index in [2.05, 4.69) is 10.6 Å². The summed E-state index contributed by atoms with van der Waals surface area (Å²) in [5.74, 6) is 0. The molecule has 0 saturated carbocycles. The molecule has 0 bridgehead atoms. The van der Waals surface area contributed by atoms with Gasteiger partial charge in [-0.15, -0.1) is 0 Å². The van der Waals surface area contributed by atoms with Crippen LogP contribution in [0.2, 0.25) is 0 Å². The van der Waals surface area contributed by atoms with Crippen LogP contribution in [0.5, 0.6) is 0 Å². The number of hydrogen-bond acceptors (Lipinski definition) is 3. The van der Waals surface area contributed by atoms with Gasteiger partial charge in [-0.3, -0.25) is 0 Å². The van der Waals surface area contributed by atoms with Gasteiger partial charge in [-0.1, -0.05) is 0 Å². The normalized spacial score (nSPS) is 9.93. The van der Waals surface area contributed by atoms with Gasteiger partial charge < -0.3 is 20.3 Å². The highest BCUT2D eigenvalue weighted by Crippen LogP contribution is 1.80. The molecule has 0 atom stereocenters. The second kappa shape index (κ2) is 8.77. The monoisotopic (exact) mass is 203 g/mol. The fourth-order valence-corrected chi connectivity index (χ4v) is 0.836. The van der Waals surface area contributed by atoms with E-state index < -0.39 is 0 Å². The molecule has 84 valence electrons. The zero-order valence-corrected chi connectivity index (χ0v) is 9.30. The third kappa shape index (κ3) is 6.68. The van der Waals surface area contributed by atoms with Crippen molar-refractivity contribution in [3.05, 3.63) is 0 Å². The molecule has 0 aliphatic heterocycles. The molecule has 0 heterocycles. The molecular weight excluding hydrogens is 182 g/mol. The Morgan fingerprint density at radius 2 is 2.07 bits per heavy atom. The topological polar surface area (TPSA) is 53.6 Å². The molecule has 0 aliphatic rings. The van der Waals surface area contributed by atoms with Crippen molar-refractivity contribution in [2.24, 2.45) is 0 Å². The van der Waals surface area contributed by atoms with Gasteiger partial charge in [-0.2, -0.15) is 0 Å². The largest absolute Gasteiger partial charge is 0.383 e. The first kappa shape index (κ1) is 13.2. The van der Waals surface area contributed by atoms with Gasteiger partial charge in [0.2, 0.25) is 0 Å². The molecule has 0 saturated heterocycles. The van der Waals surface area contributed by atoms with Gasteiger partial charge in [0.1, 0.15) is 0 Å².